The summed E-state index contributed by atoms with van der Waals surface area (Å²) in [4.78, 5) is 45.7. The highest BCUT2D eigenvalue weighted by Crippen LogP contribution is 2.50. The maximum atomic E-state index is 13.1. The Balaban J connectivity index is 1.45. The molecule has 1 aliphatic carbocycles. The van der Waals surface area contributed by atoms with Crippen LogP contribution in [0.5, 0.6) is 11.5 Å². The van der Waals surface area contributed by atoms with Crippen LogP contribution in [-0.4, -0.2) is 89.4 Å². The number of nitrogens with one attached hydrogen (secondary N) is 1. The smallest absolute Gasteiger partial charge is 0.490 e. The monoisotopic (exact) mass is 744 g/mol. The highest BCUT2D eigenvalue weighted by atomic mass is 31.2. The molecule has 17 nitrogen and oxygen atoms in total. The highest BCUT2D eigenvalue weighted by Gasteiger charge is 2.54. The van der Waals surface area contributed by atoms with Crippen LogP contribution in [0.3, 0.4) is 0 Å². The molecule has 2 aromatic carbocycles. The van der Waals surface area contributed by atoms with E-state index in [-0.39, 0.29) is 24.7 Å². The third-order valence-electron chi connectivity index (χ3n) is 7.76. The molecular weight excluding hydrogens is 702 g/mol. The van der Waals surface area contributed by atoms with Crippen LogP contribution >= 0.6 is 15.6 Å². The third kappa shape index (κ3) is 11.4. The predicted octanol–water partition coefficient (Wildman–Crippen LogP) is 3.52. The number of nitrogens with zero attached hydrogens (tertiary/aromatic N) is 1. The number of anilines is 1. The van der Waals surface area contributed by atoms with Gasteiger partial charge in [-0.25, -0.2) is 13.9 Å². The topological polar surface area (TPSA) is 264 Å². The van der Waals surface area contributed by atoms with Crippen molar-refractivity contribution in [3.8, 4) is 11.5 Å². The lowest BCUT2D eigenvalue weighted by atomic mass is 9.85. The molecule has 1 heterocycles. The fourth-order valence-corrected chi connectivity index (χ4v) is 6.81. The van der Waals surface area contributed by atoms with E-state index < -0.39 is 58.4 Å². The Morgan fingerprint density at radius 3 is 2.24 bits per heavy atom. The molecule has 19 heteroatoms. The molecule has 3 aromatic rings. The molecule has 50 heavy (non-hydrogen) atoms. The van der Waals surface area contributed by atoms with Gasteiger partial charge in [0.15, 0.2) is 11.5 Å². The molecule has 1 unspecified atom stereocenters. The van der Waals surface area contributed by atoms with Crippen LogP contribution in [-0.2, 0) is 29.5 Å². The van der Waals surface area contributed by atoms with Crippen LogP contribution in [0.1, 0.15) is 51.0 Å². The van der Waals surface area contributed by atoms with Crippen molar-refractivity contribution in [3.63, 3.8) is 0 Å². The first-order chi connectivity index (χ1) is 23.7. The number of phosphoric ester groups is 2. The van der Waals surface area contributed by atoms with Crippen molar-refractivity contribution in [2.75, 3.05) is 11.9 Å². The second-order valence-electron chi connectivity index (χ2n) is 11.7. The molecule has 1 saturated carbocycles. The largest absolute Gasteiger partial charge is 0.528 e. The molecular formula is C31H42N2O15P2. The Morgan fingerprint density at radius 2 is 1.52 bits per heavy atom. The number of hydrogen-bond acceptors (Lipinski definition) is 13. The molecule has 0 saturated heterocycles. The zero-order chi connectivity index (χ0) is 36.5. The van der Waals surface area contributed by atoms with Crippen molar-refractivity contribution in [2.45, 2.75) is 88.7 Å². The summed E-state index contributed by atoms with van der Waals surface area (Å²) < 4.78 is 50.2. The minimum Gasteiger partial charge on any atom is -0.490 e. The van der Waals surface area contributed by atoms with Crippen molar-refractivity contribution < 1.29 is 72.1 Å². The molecule has 0 radical (unpaired) electrons. The number of fused-ring (bicyclic) bond motifs is 1. The molecule has 1 aliphatic rings. The second kappa shape index (κ2) is 17.8. The van der Waals surface area contributed by atoms with Gasteiger partial charge in [-0.15, -0.1) is 0 Å². The number of aromatic nitrogens is 1. The number of phosphoric acid groups is 2. The molecule has 1 fully saturated rings. The standard InChI is InChI=1S/C31H42N2O15P2/c1-2-3-4-5-6-7-15-44-24-16-19(18-45-31(38)33-21-11-12-22-20(17-21)9-8-14-32-22)10-13-23(24)46-50(42,43)48-30-27(36)25(34)26(35)29(28(30)37)47-49(39,40)41/h8-14,16-17,25-30,34-37H,2-7,15,18H2,1H3,(H,33,38)(H,42,43)(H2,39,40,41)/t25-,26-,27-,28-,29+,30-/m1/s1. The number of amides is 1. The number of hydrogen-bond donors (Lipinski definition) is 8. The minimum absolute atomic E-state index is 0.0390. The van der Waals surface area contributed by atoms with E-state index in [1.807, 2.05) is 6.07 Å². The van der Waals surface area contributed by atoms with E-state index in [0.717, 1.165) is 43.0 Å². The molecule has 0 spiro atoms. The molecule has 7 atom stereocenters. The van der Waals surface area contributed by atoms with Crippen LogP contribution in [0.2, 0.25) is 0 Å². The van der Waals surface area contributed by atoms with Gasteiger partial charge in [0.25, 0.3) is 0 Å². The average molecular weight is 745 g/mol. The van der Waals surface area contributed by atoms with Gasteiger partial charge in [-0.2, -0.15) is 0 Å². The maximum Gasteiger partial charge on any atom is 0.528 e. The van der Waals surface area contributed by atoms with E-state index in [1.54, 1.807) is 30.5 Å². The quantitative estimate of drug-likeness (QED) is 0.0726. The lowest BCUT2D eigenvalue weighted by Gasteiger charge is -2.43. The van der Waals surface area contributed by atoms with Crippen molar-refractivity contribution in [2.24, 2.45) is 0 Å². The first-order valence-electron chi connectivity index (χ1n) is 15.9. The van der Waals surface area contributed by atoms with Crippen LogP contribution < -0.4 is 14.6 Å². The number of carbonyl (C=O) groups is 1. The summed E-state index contributed by atoms with van der Waals surface area (Å²) in [7, 11) is -10.7. The molecule has 4 rings (SSSR count). The van der Waals surface area contributed by atoms with Crippen LogP contribution in [0.15, 0.2) is 54.7 Å². The van der Waals surface area contributed by atoms with Crippen molar-refractivity contribution in [3.05, 3.63) is 60.3 Å². The lowest BCUT2D eigenvalue weighted by Crippen LogP contribution is -2.64. The van der Waals surface area contributed by atoms with E-state index in [9.17, 15) is 39.2 Å². The maximum absolute atomic E-state index is 13.1. The van der Waals surface area contributed by atoms with E-state index in [0.29, 0.717) is 17.7 Å². The van der Waals surface area contributed by atoms with Crippen LogP contribution in [0, 0.1) is 0 Å². The fourth-order valence-electron chi connectivity index (χ4n) is 5.24. The molecule has 0 aliphatic heterocycles. The number of benzene rings is 2. The SMILES string of the molecule is CCCCCCCCOc1cc(COC(=O)Nc2ccc3ncccc3c2)ccc1OP(=O)(O)O[C@H]1[C@H](O)[C@@H](OP(=O)(O)O)[C@H](O)[C@@H](O)[C@H]1O. The Hall–Kier alpha value is -3.18. The van der Waals surface area contributed by atoms with E-state index in [2.05, 4.69) is 21.7 Å². The zero-order valence-electron chi connectivity index (χ0n) is 27.1. The predicted molar refractivity (Wildman–Crippen MR) is 177 cm³/mol. The van der Waals surface area contributed by atoms with Gasteiger partial charge in [0.2, 0.25) is 0 Å². The van der Waals surface area contributed by atoms with Gasteiger partial charge in [0, 0.05) is 17.3 Å². The Labute approximate surface area is 287 Å². The summed E-state index contributed by atoms with van der Waals surface area (Å²) in [6.07, 6.45) is -6.72. The van der Waals surface area contributed by atoms with Crippen molar-refractivity contribution >= 4 is 38.3 Å². The molecule has 8 N–H and O–H groups in total. The van der Waals surface area contributed by atoms with Gasteiger partial charge in [0.05, 0.1) is 12.1 Å². The summed E-state index contributed by atoms with van der Waals surface area (Å²) >= 11 is 0. The summed E-state index contributed by atoms with van der Waals surface area (Å²) in [5.74, 6) is -0.356. The van der Waals surface area contributed by atoms with Gasteiger partial charge >= 0.3 is 21.7 Å². The Morgan fingerprint density at radius 1 is 0.820 bits per heavy atom. The summed E-state index contributed by atoms with van der Waals surface area (Å²) in [6.45, 7) is 2.06. The third-order valence-corrected chi connectivity index (χ3v) is 9.21. The Bertz CT molecular complexity index is 1670. The molecule has 1 aromatic heterocycles. The highest BCUT2D eigenvalue weighted by molar-refractivity contribution is 7.47. The summed E-state index contributed by atoms with van der Waals surface area (Å²) in [5.41, 5.74) is 1.64. The van der Waals surface area contributed by atoms with Gasteiger partial charge in [-0.3, -0.25) is 24.2 Å². The van der Waals surface area contributed by atoms with Crippen molar-refractivity contribution in [1.29, 1.82) is 0 Å². The fraction of sp³-hybridized carbons (Fsp3) is 0.484. The first kappa shape index (κ1) is 39.6. The number of unbranched alkanes of at least 4 members (excludes halogenated alkanes) is 5. The van der Waals surface area contributed by atoms with Gasteiger partial charge in [-0.05, 0) is 48.4 Å². The first-order valence-corrected chi connectivity index (χ1v) is 18.9. The van der Waals surface area contributed by atoms with Gasteiger partial charge < -0.3 is 44.2 Å². The number of carbonyl (C=O) groups excluding carboxylic acids is 1. The minimum atomic E-state index is -5.35. The van der Waals surface area contributed by atoms with E-state index in [1.165, 1.54) is 18.2 Å². The number of aliphatic hydroxyl groups is 4. The normalized spacial score (nSPS) is 23.6. The number of aliphatic hydroxyl groups excluding tert-OH is 4. The lowest BCUT2D eigenvalue weighted by molar-refractivity contribution is -0.215. The number of rotatable bonds is 17. The second-order valence-corrected chi connectivity index (χ2v) is 14.2. The van der Waals surface area contributed by atoms with Crippen molar-refractivity contribution in [1.82, 2.24) is 4.98 Å². The van der Waals surface area contributed by atoms with Gasteiger partial charge in [0.1, 0.15) is 43.2 Å². The molecule has 1 amide bonds. The van der Waals surface area contributed by atoms with Crippen LogP contribution in [0.25, 0.3) is 10.9 Å². The van der Waals surface area contributed by atoms with Gasteiger partial charge in [-0.1, -0.05) is 51.2 Å². The number of pyridine rings is 1. The number of ether oxygens (including phenoxy) is 2. The van der Waals surface area contributed by atoms with E-state index >= 15 is 0 Å². The summed E-state index contributed by atoms with van der Waals surface area (Å²) in [6, 6.07) is 12.8. The molecule has 0 bridgehead atoms. The Kier molecular flexibility index (Phi) is 14.1. The van der Waals surface area contributed by atoms with E-state index in [4.69, 9.17) is 28.3 Å². The zero-order valence-corrected chi connectivity index (χ0v) is 28.8. The average Bonchev–Trinajstić information content (AvgIpc) is 3.06. The summed E-state index contributed by atoms with van der Waals surface area (Å²) in [5, 5.41) is 44.6. The molecule has 276 valence electrons. The van der Waals surface area contributed by atoms with Crippen LogP contribution in [0.4, 0.5) is 10.5 Å².